The highest BCUT2D eigenvalue weighted by molar-refractivity contribution is 6.28. The van der Waals surface area contributed by atoms with Gasteiger partial charge < -0.3 is 4.90 Å². The molecule has 96 valence electrons. The summed E-state index contributed by atoms with van der Waals surface area (Å²) in [6, 6.07) is 0.477. The fourth-order valence-corrected chi connectivity index (χ4v) is 2.76. The van der Waals surface area contributed by atoms with Crippen LogP contribution in [0.15, 0.2) is 6.20 Å². The van der Waals surface area contributed by atoms with Gasteiger partial charge in [-0.05, 0) is 37.3 Å². The summed E-state index contributed by atoms with van der Waals surface area (Å²) < 4.78 is 0. The highest BCUT2D eigenvalue weighted by atomic mass is 35.5. The van der Waals surface area contributed by atoms with E-state index in [0.717, 1.165) is 17.7 Å². The van der Waals surface area contributed by atoms with Crippen LogP contribution in [0.2, 0.25) is 5.28 Å². The largest absolute Gasteiger partial charge is 0.353 e. The van der Waals surface area contributed by atoms with Crippen LogP contribution in [0.5, 0.6) is 0 Å². The normalized spacial score (nSPS) is 24.7. The maximum atomic E-state index is 5.99. The van der Waals surface area contributed by atoms with Crippen molar-refractivity contribution < 1.29 is 0 Å². The Kier molecular flexibility index (Phi) is 2.86. The highest BCUT2D eigenvalue weighted by Gasteiger charge is 2.26. The van der Waals surface area contributed by atoms with E-state index in [4.69, 9.17) is 11.6 Å². The summed E-state index contributed by atoms with van der Waals surface area (Å²) in [5, 5.41) is 8.10. The van der Waals surface area contributed by atoms with Crippen LogP contribution in [0, 0.1) is 5.92 Å². The predicted molar refractivity (Wildman–Crippen MR) is 71.9 cm³/mol. The van der Waals surface area contributed by atoms with Gasteiger partial charge in [0, 0.05) is 12.6 Å². The molecule has 1 fully saturated rings. The number of nitrogens with one attached hydrogen (secondary N) is 1. The van der Waals surface area contributed by atoms with Crippen LogP contribution >= 0.6 is 11.6 Å². The lowest BCUT2D eigenvalue weighted by Crippen LogP contribution is -2.41. The van der Waals surface area contributed by atoms with Gasteiger partial charge in [0.1, 0.15) is 5.82 Å². The van der Waals surface area contributed by atoms with E-state index in [2.05, 4.69) is 38.9 Å². The molecule has 0 amide bonds. The number of hydrogen-bond acceptors (Lipinski definition) is 4. The number of halogens is 1. The zero-order valence-electron chi connectivity index (χ0n) is 10.5. The summed E-state index contributed by atoms with van der Waals surface area (Å²) in [6.45, 7) is 5.51. The van der Waals surface area contributed by atoms with Gasteiger partial charge in [0.15, 0.2) is 5.65 Å². The SMILES string of the molecule is CC1CCC(C)N(c2nc(Cl)nc3[nH]ncc23)C1. The fraction of sp³-hybridized carbons (Fsp3) is 0.583. The molecule has 3 heterocycles. The number of nitrogens with zero attached hydrogens (tertiary/aromatic N) is 4. The molecular weight excluding hydrogens is 250 g/mol. The van der Waals surface area contributed by atoms with Crippen molar-refractivity contribution in [3.05, 3.63) is 11.5 Å². The minimum atomic E-state index is 0.271. The summed E-state index contributed by atoms with van der Waals surface area (Å²) in [7, 11) is 0. The predicted octanol–water partition coefficient (Wildman–Crippen LogP) is 2.63. The first-order valence-electron chi connectivity index (χ1n) is 6.28. The molecule has 3 rings (SSSR count). The van der Waals surface area contributed by atoms with Gasteiger partial charge in [0.25, 0.3) is 0 Å². The van der Waals surface area contributed by atoms with Crippen LogP contribution in [0.1, 0.15) is 26.7 Å². The molecule has 0 bridgehead atoms. The molecule has 1 aliphatic heterocycles. The molecule has 6 heteroatoms. The van der Waals surface area contributed by atoms with Gasteiger partial charge in [0.2, 0.25) is 5.28 Å². The minimum absolute atomic E-state index is 0.271. The van der Waals surface area contributed by atoms with Crippen molar-refractivity contribution in [1.82, 2.24) is 20.2 Å². The van der Waals surface area contributed by atoms with E-state index < -0.39 is 0 Å². The number of anilines is 1. The highest BCUT2D eigenvalue weighted by Crippen LogP contribution is 2.31. The van der Waals surface area contributed by atoms with E-state index >= 15 is 0 Å². The van der Waals surface area contributed by atoms with Gasteiger partial charge in [-0.15, -0.1) is 0 Å². The van der Waals surface area contributed by atoms with Crippen molar-refractivity contribution in [3.8, 4) is 0 Å². The van der Waals surface area contributed by atoms with Crippen molar-refractivity contribution in [1.29, 1.82) is 0 Å². The molecule has 2 unspecified atom stereocenters. The molecule has 1 N–H and O–H groups in total. The fourth-order valence-electron chi connectivity index (χ4n) is 2.60. The Morgan fingerprint density at radius 2 is 2.17 bits per heavy atom. The van der Waals surface area contributed by atoms with Crippen molar-refractivity contribution >= 4 is 28.5 Å². The van der Waals surface area contributed by atoms with E-state index in [-0.39, 0.29) is 5.28 Å². The van der Waals surface area contributed by atoms with Gasteiger partial charge in [-0.25, -0.2) is 0 Å². The van der Waals surface area contributed by atoms with Crippen LogP contribution < -0.4 is 4.90 Å². The molecule has 0 aliphatic carbocycles. The average Bonchev–Trinajstić information content (AvgIpc) is 2.79. The number of fused-ring (bicyclic) bond motifs is 1. The molecule has 18 heavy (non-hydrogen) atoms. The Bertz CT molecular complexity index is 567. The first-order chi connectivity index (χ1) is 8.65. The number of H-pyrrole nitrogens is 1. The molecule has 0 saturated carbocycles. The third-order valence-corrected chi connectivity index (χ3v) is 3.82. The lowest BCUT2D eigenvalue weighted by molar-refractivity contribution is 0.389. The molecule has 0 aromatic carbocycles. The van der Waals surface area contributed by atoms with Gasteiger partial charge in [0.05, 0.1) is 11.6 Å². The quantitative estimate of drug-likeness (QED) is 0.806. The number of aromatic amines is 1. The standard InChI is InChI=1S/C12H16ClN5/c1-7-3-4-8(2)18(6-7)11-9-5-14-17-10(9)15-12(13)16-11/h5,7-8H,3-4,6H2,1-2H3,(H,14,15,16,17). The van der Waals surface area contributed by atoms with Crippen LogP contribution in [-0.4, -0.2) is 32.8 Å². The van der Waals surface area contributed by atoms with Crippen LogP contribution in [-0.2, 0) is 0 Å². The minimum Gasteiger partial charge on any atom is -0.353 e. The second kappa shape index (κ2) is 4.39. The van der Waals surface area contributed by atoms with Crippen molar-refractivity contribution in [2.75, 3.05) is 11.4 Å². The third kappa shape index (κ3) is 1.92. The Labute approximate surface area is 111 Å². The topological polar surface area (TPSA) is 57.7 Å². The first kappa shape index (κ1) is 11.7. The molecule has 2 atom stereocenters. The summed E-state index contributed by atoms with van der Waals surface area (Å²) in [6.07, 6.45) is 4.22. The molecule has 5 nitrogen and oxygen atoms in total. The summed E-state index contributed by atoms with van der Waals surface area (Å²) in [5.74, 6) is 1.58. The van der Waals surface area contributed by atoms with E-state index in [1.165, 1.54) is 12.8 Å². The van der Waals surface area contributed by atoms with Gasteiger partial charge in [-0.2, -0.15) is 15.1 Å². The lowest BCUT2D eigenvalue weighted by Gasteiger charge is -2.37. The zero-order valence-corrected chi connectivity index (χ0v) is 11.3. The number of aromatic nitrogens is 4. The van der Waals surface area contributed by atoms with Crippen LogP contribution in [0.3, 0.4) is 0 Å². The number of rotatable bonds is 1. The molecule has 1 aliphatic rings. The Morgan fingerprint density at radius 3 is 3.00 bits per heavy atom. The second-order valence-corrected chi connectivity index (χ2v) is 5.47. The van der Waals surface area contributed by atoms with Crippen molar-refractivity contribution in [2.24, 2.45) is 5.92 Å². The third-order valence-electron chi connectivity index (χ3n) is 3.65. The smallest absolute Gasteiger partial charge is 0.226 e. The molecular formula is C12H16ClN5. The maximum absolute atomic E-state index is 5.99. The monoisotopic (exact) mass is 265 g/mol. The molecule has 0 radical (unpaired) electrons. The number of piperidine rings is 1. The lowest BCUT2D eigenvalue weighted by atomic mass is 9.95. The first-order valence-corrected chi connectivity index (χ1v) is 6.66. The molecule has 2 aromatic rings. The molecule has 2 aromatic heterocycles. The van der Waals surface area contributed by atoms with Crippen molar-refractivity contribution in [2.45, 2.75) is 32.7 Å². The van der Waals surface area contributed by atoms with Crippen LogP contribution in [0.4, 0.5) is 5.82 Å². The number of hydrogen-bond donors (Lipinski definition) is 1. The van der Waals surface area contributed by atoms with Gasteiger partial charge in [-0.3, -0.25) is 5.10 Å². The van der Waals surface area contributed by atoms with E-state index in [0.29, 0.717) is 17.6 Å². The molecule has 1 saturated heterocycles. The summed E-state index contributed by atoms with van der Waals surface area (Å²) >= 11 is 5.99. The van der Waals surface area contributed by atoms with E-state index in [1.54, 1.807) is 6.20 Å². The van der Waals surface area contributed by atoms with Gasteiger partial charge in [-0.1, -0.05) is 6.92 Å². The van der Waals surface area contributed by atoms with E-state index in [1.807, 2.05) is 0 Å². The van der Waals surface area contributed by atoms with Crippen LogP contribution in [0.25, 0.3) is 11.0 Å². The maximum Gasteiger partial charge on any atom is 0.226 e. The Balaban J connectivity index is 2.09. The Hall–Kier alpha value is -1.36. The van der Waals surface area contributed by atoms with E-state index in [9.17, 15) is 0 Å². The van der Waals surface area contributed by atoms with Gasteiger partial charge >= 0.3 is 0 Å². The zero-order chi connectivity index (χ0) is 12.7. The molecule has 0 spiro atoms. The Morgan fingerprint density at radius 1 is 1.33 bits per heavy atom. The summed E-state index contributed by atoms with van der Waals surface area (Å²) in [4.78, 5) is 10.9. The second-order valence-electron chi connectivity index (χ2n) is 5.13. The van der Waals surface area contributed by atoms with Crippen molar-refractivity contribution in [3.63, 3.8) is 0 Å². The average molecular weight is 266 g/mol. The summed E-state index contributed by atoms with van der Waals surface area (Å²) in [5.41, 5.74) is 0.704.